The fraction of sp³-hybridized carbons (Fsp3) is 0.500. The zero-order valence-corrected chi connectivity index (χ0v) is 14.3. The van der Waals surface area contributed by atoms with E-state index in [1.165, 1.54) is 6.26 Å². The molecule has 0 aliphatic carbocycles. The maximum Gasteiger partial charge on any atom is 0.289 e. The lowest BCUT2D eigenvalue weighted by atomic mass is 9.79. The van der Waals surface area contributed by atoms with E-state index < -0.39 is 0 Å². The van der Waals surface area contributed by atoms with Gasteiger partial charge >= 0.3 is 0 Å². The van der Waals surface area contributed by atoms with Crippen molar-refractivity contribution in [3.63, 3.8) is 0 Å². The minimum absolute atomic E-state index is 0.0592. The number of nitrogens with one attached hydrogen (secondary N) is 1. The molecular weight excluding hydrogens is 320 g/mol. The smallest absolute Gasteiger partial charge is 0.289 e. The topological polar surface area (TPSA) is 80.5 Å². The van der Waals surface area contributed by atoms with Crippen LogP contribution in [0.5, 0.6) is 0 Å². The van der Waals surface area contributed by atoms with E-state index in [0.29, 0.717) is 30.7 Å². The predicted molar refractivity (Wildman–Crippen MR) is 91.3 cm³/mol. The number of amides is 1. The zero-order chi connectivity index (χ0) is 17.3. The molecular formula is C18H22N4O3. The van der Waals surface area contributed by atoms with Crippen LogP contribution in [0.3, 0.4) is 0 Å². The number of aryl methyl sites for hydroxylation is 1. The van der Waals surface area contributed by atoms with E-state index in [4.69, 9.17) is 9.15 Å². The fourth-order valence-electron chi connectivity index (χ4n) is 3.68. The van der Waals surface area contributed by atoms with Gasteiger partial charge in [0.15, 0.2) is 5.76 Å². The van der Waals surface area contributed by atoms with Gasteiger partial charge in [-0.1, -0.05) is 0 Å². The van der Waals surface area contributed by atoms with Gasteiger partial charge in [-0.05, 0) is 43.4 Å². The number of aromatic nitrogens is 2. The molecule has 1 amide bonds. The van der Waals surface area contributed by atoms with Gasteiger partial charge in [0.2, 0.25) is 5.95 Å². The Labute approximate surface area is 146 Å². The van der Waals surface area contributed by atoms with E-state index in [-0.39, 0.29) is 11.5 Å². The highest BCUT2D eigenvalue weighted by Gasteiger charge is 2.54. The number of furan rings is 1. The van der Waals surface area contributed by atoms with Crippen LogP contribution in [0.25, 0.3) is 0 Å². The first-order chi connectivity index (χ1) is 12.2. The van der Waals surface area contributed by atoms with Crippen LogP contribution in [0.15, 0.2) is 35.2 Å². The average molecular weight is 342 g/mol. The molecule has 4 heterocycles. The van der Waals surface area contributed by atoms with Crippen molar-refractivity contribution in [2.75, 3.05) is 31.6 Å². The second-order valence-electron chi connectivity index (χ2n) is 6.84. The first kappa shape index (κ1) is 16.1. The van der Waals surface area contributed by atoms with Gasteiger partial charge in [0, 0.05) is 25.5 Å². The number of ether oxygens (including phenoxy) is 1. The third-order valence-corrected chi connectivity index (χ3v) is 5.09. The van der Waals surface area contributed by atoms with Crippen LogP contribution in [0.4, 0.5) is 5.95 Å². The third kappa shape index (κ3) is 3.11. The number of hydrogen-bond acceptors (Lipinski definition) is 6. The van der Waals surface area contributed by atoms with Crippen molar-refractivity contribution in [1.82, 2.24) is 14.9 Å². The summed E-state index contributed by atoms with van der Waals surface area (Å²) >= 11 is 0. The van der Waals surface area contributed by atoms with Crippen molar-refractivity contribution in [1.29, 1.82) is 0 Å². The molecule has 2 aromatic rings. The number of nitrogens with zero attached hydrogens (tertiary/aromatic N) is 3. The highest BCUT2D eigenvalue weighted by Crippen LogP contribution is 2.42. The van der Waals surface area contributed by atoms with Gasteiger partial charge < -0.3 is 19.4 Å². The molecule has 2 saturated heterocycles. The molecule has 1 spiro atoms. The van der Waals surface area contributed by atoms with Crippen molar-refractivity contribution in [2.24, 2.45) is 5.92 Å². The molecule has 0 saturated carbocycles. The van der Waals surface area contributed by atoms with Crippen LogP contribution in [-0.4, -0.2) is 52.6 Å². The summed E-state index contributed by atoms with van der Waals surface area (Å²) in [6, 6.07) is 3.43. The maximum absolute atomic E-state index is 12.3. The summed E-state index contributed by atoms with van der Waals surface area (Å²) in [4.78, 5) is 22.6. The average Bonchev–Trinajstić information content (AvgIpc) is 3.24. The Balaban J connectivity index is 1.29. The van der Waals surface area contributed by atoms with Gasteiger partial charge in [0.25, 0.3) is 5.91 Å². The predicted octanol–water partition coefficient (Wildman–Crippen LogP) is 2.11. The third-order valence-electron chi connectivity index (χ3n) is 5.09. The van der Waals surface area contributed by atoms with E-state index in [1.807, 2.05) is 6.92 Å². The Bertz CT molecular complexity index is 723. The molecule has 132 valence electrons. The van der Waals surface area contributed by atoms with Crippen molar-refractivity contribution in [3.05, 3.63) is 42.1 Å². The lowest BCUT2D eigenvalue weighted by Crippen LogP contribution is -2.66. The molecule has 2 aliphatic rings. The Morgan fingerprint density at radius 1 is 1.40 bits per heavy atom. The molecule has 0 unspecified atom stereocenters. The largest absolute Gasteiger partial charge is 0.459 e. The monoisotopic (exact) mass is 342 g/mol. The summed E-state index contributed by atoms with van der Waals surface area (Å²) in [6.45, 7) is 4.80. The molecule has 2 fully saturated rings. The quantitative estimate of drug-likeness (QED) is 0.896. The van der Waals surface area contributed by atoms with E-state index >= 15 is 0 Å². The molecule has 0 bridgehead atoms. The summed E-state index contributed by atoms with van der Waals surface area (Å²) in [5.74, 6) is 1.42. The molecule has 1 atom stereocenters. The van der Waals surface area contributed by atoms with Crippen LogP contribution in [0, 0.1) is 12.8 Å². The van der Waals surface area contributed by atoms with E-state index in [9.17, 15) is 4.79 Å². The summed E-state index contributed by atoms with van der Waals surface area (Å²) in [7, 11) is 0. The summed E-state index contributed by atoms with van der Waals surface area (Å²) in [6.07, 6.45) is 7.13. The van der Waals surface area contributed by atoms with Crippen molar-refractivity contribution in [2.45, 2.75) is 25.4 Å². The first-order valence-electron chi connectivity index (χ1n) is 8.65. The highest BCUT2D eigenvalue weighted by molar-refractivity contribution is 5.92. The van der Waals surface area contributed by atoms with Crippen LogP contribution < -0.4 is 5.32 Å². The molecule has 7 heteroatoms. The van der Waals surface area contributed by atoms with E-state index in [2.05, 4.69) is 15.3 Å². The second kappa shape index (κ2) is 6.48. The number of rotatable bonds is 5. The number of hydrogen-bond donors (Lipinski definition) is 1. The number of carbonyl (C=O) groups excluding carboxylic acids is 1. The Morgan fingerprint density at radius 2 is 2.20 bits per heavy atom. The molecule has 0 aromatic carbocycles. The van der Waals surface area contributed by atoms with E-state index in [1.54, 1.807) is 29.4 Å². The number of likely N-dealkylation sites (tertiary alicyclic amines) is 1. The zero-order valence-electron chi connectivity index (χ0n) is 14.3. The molecule has 2 aromatic heterocycles. The molecule has 25 heavy (non-hydrogen) atoms. The Kier molecular flexibility index (Phi) is 4.17. The summed E-state index contributed by atoms with van der Waals surface area (Å²) < 4.78 is 11.2. The SMILES string of the molecule is Cc1cnc(NCC[C@H]2CCOC23CN(C(=O)c2ccco2)C3)nc1. The second-order valence-corrected chi connectivity index (χ2v) is 6.84. The van der Waals surface area contributed by atoms with Crippen LogP contribution in [0.1, 0.15) is 29.0 Å². The highest BCUT2D eigenvalue weighted by atomic mass is 16.5. The summed E-state index contributed by atoms with van der Waals surface area (Å²) in [5, 5.41) is 3.27. The summed E-state index contributed by atoms with van der Waals surface area (Å²) in [5.41, 5.74) is 0.849. The van der Waals surface area contributed by atoms with Crippen molar-refractivity contribution < 1.29 is 13.9 Å². The minimum Gasteiger partial charge on any atom is -0.459 e. The standard InChI is InChI=1S/C18H22N4O3/c1-13-9-20-17(21-10-13)19-6-4-14-5-8-25-18(14)11-22(12-18)16(23)15-3-2-7-24-15/h2-3,7,9-10,14H,4-6,8,11-12H2,1H3,(H,19,20,21)/t14-/m0/s1. The normalized spacial score (nSPS) is 21.3. The molecule has 1 N–H and O–H groups in total. The fourth-order valence-corrected chi connectivity index (χ4v) is 3.68. The first-order valence-corrected chi connectivity index (χ1v) is 8.65. The molecule has 7 nitrogen and oxygen atoms in total. The van der Waals surface area contributed by atoms with Gasteiger partial charge in [-0.2, -0.15) is 0 Å². The van der Waals surface area contributed by atoms with Gasteiger partial charge in [-0.25, -0.2) is 9.97 Å². The Hall–Kier alpha value is -2.41. The van der Waals surface area contributed by atoms with Gasteiger partial charge in [0.1, 0.15) is 5.60 Å². The van der Waals surface area contributed by atoms with Crippen LogP contribution in [0.2, 0.25) is 0 Å². The lowest BCUT2D eigenvalue weighted by Gasteiger charge is -2.50. The van der Waals surface area contributed by atoms with E-state index in [0.717, 1.165) is 31.6 Å². The number of carbonyl (C=O) groups is 1. The van der Waals surface area contributed by atoms with Crippen LogP contribution in [-0.2, 0) is 4.74 Å². The van der Waals surface area contributed by atoms with Crippen molar-refractivity contribution in [3.8, 4) is 0 Å². The van der Waals surface area contributed by atoms with Gasteiger partial charge in [-0.3, -0.25) is 4.79 Å². The molecule has 0 radical (unpaired) electrons. The number of anilines is 1. The van der Waals surface area contributed by atoms with Crippen LogP contribution >= 0.6 is 0 Å². The maximum atomic E-state index is 12.3. The molecule has 2 aliphatic heterocycles. The van der Waals surface area contributed by atoms with Crippen molar-refractivity contribution >= 4 is 11.9 Å². The molecule has 4 rings (SSSR count). The Morgan fingerprint density at radius 3 is 2.92 bits per heavy atom. The van der Waals surface area contributed by atoms with Gasteiger partial charge in [0.05, 0.1) is 19.4 Å². The minimum atomic E-state index is -0.196. The van der Waals surface area contributed by atoms with Gasteiger partial charge in [-0.15, -0.1) is 0 Å². The lowest BCUT2D eigenvalue weighted by molar-refractivity contribution is -0.118.